The van der Waals surface area contributed by atoms with Gasteiger partial charge >= 0.3 is 5.97 Å². The number of rotatable bonds is 3. The summed E-state index contributed by atoms with van der Waals surface area (Å²) in [7, 11) is 2.13. The summed E-state index contributed by atoms with van der Waals surface area (Å²) in [4.78, 5) is 16.5. The van der Waals surface area contributed by atoms with Crippen LogP contribution in [-0.2, 0) is 4.74 Å². The number of nitrogens with zero attached hydrogens (tertiary/aromatic N) is 2. The minimum absolute atomic E-state index is 0.0740. The summed E-state index contributed by atoms with van der Waals surface area (Å²) in [6, 6.07) is 5.56. The molecule has 0 atom stereocenters. The van der Waals surface area contributed by atoms with Crippen LogP contribution in [0, 0.1) is 0 Å². The zero-order valence-electron chi connectivity index (χ0n) is 13.3. The van der Waals surface area contributed by atoms with Crippen LogP contribution in [0.4, 0.5) is 11.4 Å². The van der Waals surface area contributed by atoms with Gasteiger partial charge < -0.3 is 15.4 Å². The van der Waals surface area contributed by atoms with Crippen LogP contribution < -0.4 is 10.6 Å². The second-order valence-electron chi connectivity index (χ2n) is 6.11. The Labute approximate surface area is 126 Å². The predicted molar refractivity (Wildman–Crippen MR) is 85.7 cm³/mol. The molecule has 0 unspecified atom stereocenters. The summed E-state index contributed by atoms with van der Waals surface area (Å²) in [6.07, 6.45) is 0. The van der Waals surface area contributed by atoms with Crippen molar-refractivity contribution in [1.29, 1.82) is 0 Å². The number of hydrogen-bond donors (Lipinski definition) is 1. The Balaban J connectivity index is 2.29. The van der Waals surface area contributed by atoms with E-state index in [1.165, 1.54) is 0 Å². The number of esters is 1. The topological polar surface area (TPSA) is 58.8 Å². The van der Waals surface area contributed by atoms with Gasteiger partial charge in [-0.15, -0.1) is 0 Å². The first-order chi connectivity index (χ1) is 9.86. The zero-order chi connectivity index (χ0) is 15.6. The number of nitrogen functional groups attached to an aromatic ring is 1. The molecule has 0 aromatic heterocycles. The molecule has 0 bridgehead atoms. The lowest BCUT2D eigenvalue weighted by molar-refractivity contribution is 0.0527. The highest BCUT2D eigenvalue weighted by Crippen LogP contribution is 2.31. The second kappa shape index (κ2) is 5.93. The number of hydrogen-bond acceptors (Lipinski definition) is 5. The molecule has 1 aromatic carbocycles. The molecule has 0 spiro atoms. The van der Waals surface area contributed by atoms with Crippen molar-refractivity contribution in [2.24, 2.45) is 0 Å². The van der Waals surface area contributed by atoms with Crippen LogP contribution in [0.5, 0.6) is 0 Å². The quantitative estimate of drug-likeness (QED) is 0.681. The first-order valence-corrected chi connectivity index (χ1v) is 7.38. The number of nitrogens with two attached hydrogens (primary N) is 1. The molecule has 1 fully saturated rings. The van der Waals surface area contributed by atoms with Crippen molar-refractivity contribution in [2.45, 2.75) is 26.3 Å². The molecule has 1 aromatic rings. The monoisotopic (exact) mass is 291 g/mol. The molecule has 0 saturated carbocycles. The molecule has 0 amide bonds. The normalized spacial score (nSPS) is 18.6. The van der Waals surface area contributed by atoms with E-state index in [1.807, 2.05) is 12.1 Å². The van der Waals surface area contributed by atoms with E-state index in [9.17, 15) is 4.79 Å². The Hall–Kier alpha value is -1.75. The van der Waals surface area contributed by atoms with Crippen LogP contribution in [0.1, 0.15) is 31.1 Å². The van der Waals surface area contributed by atoms with E-state index in [4.69, 9.17) is 10.5 Å². The SMILES string of the molecule is CCOC(=O)c1cccc(N2CCN(C)C(C)(C)C2)c1N. The fraction of sp³-hybridized carbons (Fsp3) is 0.562. The Kier molecular flexibility index (Phi) is 4.42. The summed E-state index contributed by atoms with van der Waals surface area (Å²) >= 11 is 0. The number of ether oxygens (including phenoxy) is 1. The maximum Gasteiger partial charge on any atom is 0.340 e. The van der Waals surface area contributed by atoms with E-state index < -0.39 is 0 Å². The summed E-state index contributed by atoms with van der Waals surface area (Å²) in [5, 5.41) is 0. The summed E-state index contributed by atoms with van der Waals surface area (Å²) in [5.41, 5.74) is 8.17. The van der Waals surface area contributed by atoms with Crippen LogP contribution in [-0.4, -0.2) is 49.7 Å². The van der Waals surface area contributed by atoms with E-state index in [1.54, 1.807) is 13.0 Å². The fourth-order valence-electron chi connectivity index (χ4n) is 2.66. The van der Waals surface area contributed by atoms with E-state index >= 15 is 0 Å². The second-order valence-corrected chi connectivity index (χ2v) is 6.11. The Bertz CT molecular complexity index is 528. The molecule has 0 radical (unpaired) electrons. The fourth-order valence-corrected chi connectivity index (χ4v) is 2.66. The molecule has 2 rings (SSSR count). The van der Waals surface area contributed by atoms with Crippen LogP contribution >= 0.6 is 0 Å². The molecule has 1 aliphatic rings. The number of carbonyl (C=O) groups is 1. The first kappa shape index (κ1) is 15.6. The number of anilines is 2. The molecule has 1 aliphatic heterocycles. The van der Waals surface area contributed by atoms with Gasteiger partial charge in [-0.25, -0.2) is 4.79 Å². The van der Waals surface area contributed by atoms with Gasteiger partial charge in [-0.1, -0.05) is 6.07 Å². The van der Waals surface area contributed by atoms with E-state index in [0.717, 1.165) is 25.3 Å². The Morgan fingerprint density at radius 3 is 2.71 bits per heavy atom. The Morgan fingerprint density at radius 1 is 1.38 bits per heavy atom. The van der Waals surface area contributed by atoms with Crippen molar-refractivity contribution < 1.29 is 9.53 Å². The molecule has 1 saturated heterocycles. The van der Waals surface area contributed by atoms with Gasteiger partial charge in [0.2, 0.25) is 0 Å². The average Bonchev–Trinajstić information content (AvgIpc) is 2.42. The first-order valence-electron chi connectivity index (χ1n) is 7.38. The maximum absolute atomic E-state index is 12.0. The Morgan fingerprint density at radius 2 is 2.10 bits per heavy atom. The molecule has 21 heavy (non-hydrogen) atoms. The van der Waals surface area contributed by atoms with Crippen molar-refractivity contribution in [3.8, 4) is 0 Å². The number of para-hydroxylation sites is 1. The summed E-state index contributed by atoms with van der Waals surface area (Å²) in [6.45, 7) is 9.31. The van der Waals surface area contributed by atoms with E-state index in [-0.39, 0.29) is 11.5 Å². The van der Waals surface area contributed by atoms with Gasteiger partial charge in [-0.05, 0) is 40.0 Å². The van der Waals surface area contributed by atoms with Gasteiger partial charge in [0, 0.05) is 25.2 Å². The van der Waals surface area contributed by atoms with Crippen LogP contribution in [0.2, 0.25) is 0 Å². The molecule has 2 N–H and O–H groups in total. The summed E-state index contributed by atoms with van der Waals surface area (Å²) in [5.74, 6) is -0.356. The number of carbonyl (C=O) groups excluding carboxylic acids is 1. The van der Waals surface area contributed by atoms with Gasteiger partial charge in [-0.3, -0.25) is 4.90 Å². The molecule has 116 valence electrons. The third-order valence-electron chi connectivity index (χ3n) is 4.24. The van der Waals surface area contributed by atoms with Crippen molar-refractivity contribution in [3.05, 3.63) is 23.8 Å². The number of benzene rings is 1. The minimum Gasteiger partial charge on any atom is -0.462 e. The predicted octanol–water partition coefficient (Wildman–Crippen LogP) is 1.98. The lowest BCUT2D eigenvalue weighted by atomic mass is 9.98. The largest absolute Gasteiger partial charge is 0.462 e. The highest BCUT2D eigenvalue weighted by Gasteiger charge is 2.32. The third-order valence-corrected chi connectivity index (χ3v) is 4.24. The van der Waals surface area contributed by atoms with Crippen molar-refractivity contribution in [3.63, 3.8) is 0 Å². The van der Waals surface area contributed by atoms with Crippen LogP contribution in [0.15, 0.2) is 18.2 Å². The number of likely N-dealkylation sites (N-methyl/N-ethyl adjacent to an activating group) is 1. The van der Waals surface area contributed by atoms with Gasteiger partial charge in [0.1, 0.15) is 0 Å². The van der Waals surface area contributed by atoms with Crippen LogP contribution in [0.25, 0.3) is 0 Å². The number of piperazine rings is 1. The zero-order valence-corrected chi connectivity index (χ0v) is 13.3. The van der Waals surface area contributed by atoms with Gasteiger partial charge in [-0.2, -0.15) is 0 Å². The molecule has 1 heterocycles. The molecule has 5 heteroatoms. The molecule has 0 aliphatic carbocycles. The van der Waals surface area contributed by atoms with Crippen LogP contribution in [0.3, 0.4) is 0 Å². The maximum atomic E-state index is 12.0. The summed E-state index contributed by atoms with van der Waals surface area (Å²) < 4.78 is 5.06. The molecular weight excluding hydrogens is 266 g/mol. The van der Waals surface area contributed by atoms with Crippen molar-refractivity contribution in [1.82, 2.24) is 4.90 Å². The standard InChI is InChI=1S/C16H25N3O2/c1-5-21-15(20)12-7-6-8-13(14(12)17)19-10-9-18(4)16(2,3)11-19/h6-8H,5,9-11,17H2,1-4H3. The van der Waals surface area contributed by atoms with Gasteiger partial charge in [0.25, 0.3) is 0 Å². The average molecular weight is 291 g/mol. The molecular formula is C16H25N3O2. The molecule has 5 nitrogen and oxygen atoms in total. The van der Waals surface area contributed by atoms with Crippen molar-refractivity contribution >= 4 is 17.3 Å². The highest BCUT2D eigenvalue weighted by molar-refractivity contribution is 5.98. The smallest absolute Gasteiger partial charge is 0.340 e. The highest BCUT2D eigenvalue weighted by atomic mass is 16.5. The van der Waals surface area contributed by atoms with Crippen molar-refractivity contribution in [2.75, 3.05) is 43.9 Å². The minimum atomic E-state index is -0.356. The van der Waals surface area contributed by atoms with Gasteiger partial charge in [0.15, 0.2) is 0 Å². The lowest BCUT2D eigenvalue weighted by Gasteiger charge is -2.46. The third kappa shape index (κ3) is 3.13. The lowest BCUT2D eigenvalue weighted by Crippen LogP contribution is -2.57. The van der Waals surface area contributed by atoms with E-state index in [0.29, 0.717) is 17.9 Å². The van der Waals surface area contributed by atoms with Gasteiger partial charge in [0.05, 0.1) is 23.5 Å². The van der Waals surface area contributed by atoms with E-state index in [2.05, 4.69) is 30.7 Å².